The summed E-state index contributed by atoms with van der Waals surface area (Å²) < 4.78 is 0. The van der Waals surface area contributed by atoms with Crippen LogP contribution in [-0.2, 0) is 19.2 Å². The number of hydrogen-bond acceptors (Lipinski definition) is 5. The molecule has 2 amide bonds. The number of benzene rings is 2. The zero-order valence-corrected chi connectivity index (χ0v) is 17.9. The number of nitrogens with one attached hydrogen (secondary N) is 1. The predicted molar refractivity (Wildman–Crippen MR) is 120 cm³/mol. The fourth-order valence-corrected chi connectivity index (χ4v) is 6.13. The molecule has 1 heterocycles. The van der Waals surface area contributed by atoms with Crippen LogP contribution in [0.1, 0.15) is 31.2 Å². The number of phenolic OH excluding ortho intramolecular Hbond substituents is 1. The van der Waals surface area contributed by atoms with Crippen molar-refractivity contribution in [3.05, 3.63) is 76.4 Å². The van der Waals surface area contributed by atoms with Crippen molar-refractivity contribution >= 4 is 34.2 Å². The Labute approximate surface area is 189 Å². The summed E-state index contributed by atoms with van der Waals surface area (Å²) in [4.78, 5) is 51.5. The maximum atomic E-state index is 13.4. The number of aromatic hydroxyl groups is 1. The number of imide groups is 1. The zero-order valence-electron chi connectivity index (χ0n) is 17.9. The van der Waals surface area contributed by atoms with E-state index in [0.29, 0.717) is 34.1 Å². The number of fused-ring (bicyclic) bond motifs is 4. The Kier molecular flexibility index (Phi) is 4.12. The van der Waals surface area contributed by atoms with Gasteiger partial charge in [-0.1, -0.05) is 48.0 Å². The summed E-state index contributed by atoms with van der Waals surface area (Å²) in [6.07, 6.45) is 3.92. The lowest BCUT2D eigenvalue weighted by Gasteiger charge is -2.42. The number of carbonyl (C=O) groups excluding carboxylic acids is 4. The number of phenols is 1. The van der Waals surface area contributed by atoms with Crippen molar-refractivity contribution in [2.45, 2.75) is 25.7 Å². The average molecular weight is 439 g/mol. The lowest BCUT2D eigenvalue weighted by molar-refractivity contribution is -0.126. The Morgan fingerprint density at radius 1 is 0.970 bits per heavy atom. The standard InChI is InChI=1S/C27H21NO5/c1-12-10-20(29)19-11-18-15(8-9-17-22(18)27(33)28-26(17)32)21(23(19)24(12)30)16-7-6-13-4-2-3-5-14(13)25(16)31/h2-8,10,17-18,21-22,31H,9,11H2,1H3,(H,28,32,33). The van der Waals surface area contributed by atoms with Gasteiger partial charge in [-0.3, -0.25) is 24.5 Å². The van der Waals surface area contributed by atoms with Crippen LogP contribution in [-0.4, -0.2) is 28.5 Å². The predicted octanol–water partition coefficient (Wildman–Crippen LogP) is 3.26. The van der Waals surface area contributed by atoms with E-state index in [9.17, 15) is 24.3 Å². The van der Waals surface area contributed by atoms with Gasteiger partial charge in [0.2, 0.25) is 11.8 Å². The van der Waals surface area contributed by atoms with Gasteiger partial charge in [-0.2, -0.15) is 0 Å². The number of allylic oxidation sites excluding steroid dienone is 6. The molecular weight excluding hydrogens is 418 g/mol. The van der Waals surface area contributed by atoms with Crippen LogP contribution in [0, 0.1) is 17.8 Å². The van der Waals surface area contributed by atoms with Crippen molar-refractivity contribution in [2.24, 2.45) is 17.8 Å². The van der Waals surface area contributed by atoms with Gasteiger partial charge in [-0.25, -0.2) is 0 Å². The van der Waals surface area contributed by atoms with E-state index in [2.05, 4.69) is 5.32 Å². The summed E-state index contributed by atoms with van der Waals surface area (Å²) in [5.41, 5.74) is 2.51. The molecule has 0 spiro atoms. The maximum absolute atomic E-state index is 13.4. The molecule has 0 bridgehead atoms. The maximum Gasteiger partial charge on any atom is 0.231 e. The largest absolute Gasteiger partial charge is 0.507 e. The second-order valence-corrected chi connectivity index (χ2v) is 9.31. The number of Topliss-reactive ketones (excluding diaryl/α,β-unsaturated/α-hetero) is 1. The second kappa shape index (κ2) is 6.85. The van der Waals surface area contributed by atoms with Crippen LogP contribution in [0.3, 0.4) is 0 Å². The van der Waals surface area contributed by atoms with Crippen molar-refractivity contribution in [1.82, 2.24) is 5.32 Å². The lowest BCUT2D eigenvalue weighted by Crippen LogP contribution is -2.39. The van der Waals surface area contributed by atoms with E-state index < -0.39 is 17.8 Å². The topological polar surface area (TPSA) is 101 Å². The monoisotopic (exact) mass is 439 g/mol. The average Bonchev–Trinajstić information content (AvgIpc) is 3.10. The summed E-state index contributed by atoms with van der Waals surface area (Å²) in [6.45, 7) is 1.63. The molecule has 1 saturated heterocycles. The van der Waals surface area contributed by atoms with Gasteiger partial charge >= 0.3 is 0 Å². The first-order valence-electron chi connectivity index (χ1n) is 11.1. The number of amides is 2. The Morgan fingerprint density at radius 2 is 1.76 bits per heavy atom. The molecule has 6 heteroatoms. The van der Waals surface area contributed by atoms with Crippen molar-refractivity contribution < 1.29 is 24.3 Å². The second-order valence-electron chi connectivity index (χ2n) is 9.31. The normalized spacial score (nSPS) is 28.8. The van der Waals surface area contributed by atoms with Crippen LogP contribution in [0.2, 0.25) is 0 Å². The number of carbonyl (C=O) groups is 4. The molecule has 2 N–H and O–H groups in total. The number of rotatable bonds is 1. The van der Waals surface area contributed by atoms with Crippen LogP contribution >= 0.6 is 0 Å². The fourth-order valence-electron chi connectivity index (χ4n) is 6.13. The van der Waals surface area contributed by atoms with Gasteiger partial charge < -0.3 is 5.11 Å². The quantitative estimate of drug-likeness (QED) is 0.404. The molecule has 4 aliphatic rings. The molecule has 33 heavy (non-hydrogen) atoms. The van der Waals surface area contributed by atoms with Crippen molar-refractivity contribution in [2.75, 3.05) is 0 Å². The molecule has 4 atom stereocenters. The van der Waals surface area contributed by atoms with Gasteiger partial charge in [0.1, 0.15) is 5.75 Å². The van der Waals surface area contributed by atoms with Crippen LogP contribution in [0.25, 0.3) is 10.8 Å². The molecule has 2 aromatic rings. The third-order valence-electron chi connectivity index (χ3n) is 7.65. The summed E-state index contributed by atoms with van der Waals surface area (Å²) >= 11 is 0. The Morgan fingerprint density at radius 3 is 2.58 bits per heavy atom. The third-order valence-corrected chi connectivity index (χ3v) is 7.65. The highest BCUT2D eigenvalue weighted by Gasteiger charge is 2.53. The van der Waals surface area contributed by atoms with Gasteiger partial charge in [0.05, 0.1) is 11.8 Å². The highest BCUT2D eigenvalue weighted by Crippen LogP contribution is 2.55. The molecule has 0 saturated carbocycles. The third kappa shape index (κ3) is 2.67. The van der Waals surface area contributed by atoms with Crippen molar-refractivity contribution in [3.63, 3.8) is 0 Å². The first kappa shape index (κ1) is 19.9. The van der Waals surface area contributed by atoms with Crippen LogP contribution in [0.15, 0.2) is 70.8 Å². The van der Waals surface area contributed by atoms with E-state index in [-0.39, 0.29) is 41.5 Å². The summed E-state index contributed by atoms with van der Waals surface area (Å²) in [7, 11) is 0. The summed E-state index contributed by atoms with van der Waals surface area (Å²) in [5.74, 6) is -3.07. The lowest BCUT2D eigenvalue weighted by atomic mass is 9.59. The SMILES string of the molecule is CC1=CC(=O)C2=C(C1=O)C(c1ccc3ccccc3c1O)C1=CCC3C(=O)NC(=O)C3C1C2. The molecule has 1 aliphatic heterocycles. The first-order chi connectivity index (χ1) is 15.9. The molecule has 0 radical (unpaired) electrons. The number of hydrogen-bond donors (Lipinski definition) is 2. The van der Waals surface area contributed by atoms with E-state index >= 15 is 0 Å². The Bertz CT molecular complexity index is 1410. The van der Waals surface area contributed by atoms with Crippen LogP contribution < -0.4 is 5.32 Å². The number of ketones is 2. The van der Waals surface area contributed by atoms with Crippen LogP contribution in [0.5, 0.6) is 5.75 Å². The summed E-state index contributed by atoms with van der Waals surface area (Å²) in [5, 5.41) is 15.2. The highest BCUT2D eigenvalue weighted by atomic mass is 16.3. The van der Waals surface area contributed by atoms with E-state index in [4.69, 9.17) is 0 Å². The Hall–Kier alpha value is -3.80. The molecule has 2 aromatic carbocycles. The van der Waals surface area contributed by atoms with E-state index in [1.807, 2.05) is 36.4 Å². The molecule has 6 nitrogen and oxygen atoms in total. The van der Waals surface area contributed by atoms with Gasteiger partial charge in [-0.15, -0.1) is 0 Å². The molecule has 6 rings (SSSR count). The molecule has 0 aromatic heterocycles. The zero-order chi connectivity index (χ0) is 23.0. The van der Waals surface area contributed by atoms with Gasteiger partial charge in [0, 0.05) is 33.6 Å². The van der Waals surface area contributed by atoms with Gasteiger partial charge in [-0.05, 0) is 37.1 Å². The molecule has 4 unspecified atom stereocenters. The van der Waals surface area contributed by atoms with Crippen LogP contribution in [0.4, 0.5) is 0 Å². The molecule has 3 aliphatic carbocycles. The first-order valence-corrected chi connectivity index (χ1v) is 11.1. The van der Waals surface area contributed by atoms with Gasteiger partial charge in [0.25, 0.3) is 0 Å². The molecule has 164 valence electrons. The molecule has 1 fully saturated rings. The fraction of sp³-hybridized carbons (Fsp3) is 0.259. The van der Waals surface area contributed by atoms with E-state index in [1.54, 1.807) is 13.0 Å². The molecular formula is C27H21NO5. The summed E-state index contributed by atoms with van der Waals surface area (Å²) in [6, 6.07) is 11.1. The highest BCUT2D eigenvalue weighted by molar-refractivity contribution is 6.24. The minimum Gasteiger partial charge on any atom is -0.507 e. The Balaban J connectivity index is 1.61. The van der Waals surface area contributed by atoms with Crippen molar-refractivity contribution in [1.29, 1.82) is 0 Å². The minimum absolute atomic E-state index is 0.0630. The minimum atomic E-state index is -0.645. The van der Waals surface area contributed by atoms with E-state index in [1.165, 1.54) is 6.08 Å². The van der Waals surface area contributed by atoms with Crippen molar-refractivity contribution in [3.8, 4) is 5.75 Å². The smallest absolute Gasteiger partial charge is 0.231 e. The van der Waals surface area contributed by atoms with E-state index in [0.717, 1.165) is 11.0 Å². The van der Waals surface area contributed by atoms with Gasteiger partial charge in [0.15, 0.2) is 11.6 Å².